The Balaban J connectivity index is 1.37. The average molecular weight is 584 g/mol. The lowest BCUT2D eigenvalue weighted by atomic mass is 9.92. The summed E-state index contributed by atoms with van der Waals surface area (Å²) in [5.74, 6) is -3.56. The molecule has 1 aliphatic heterocycles. The third-order valence-electron chi connectivity index (χ3n) is 7.61. The molecule has 0 aromatic heterocycles. The highest BCUT2D eigenvalue weighted by Gasteiger charge is 2.59. The lowest BCUT2D eigenvalue weighted by molar-refractivity contribution is -0.187. The maximum Gasteiger partial charge on any atom is 0.408 e. The van der Waals surface area contributed by atoms with E-state index in [1.807, 2.05) is 0 Å². The Morgan fingerprint density at radius 1 is 1.02 bits per heavy atom. The summed E-state index contributed by atoms with van der Waals surface area (Å²) in [6, 6.07) is 14.0. The third-order valence-corrected chi connectivity index (χ3v) is 7.61. The van der Waals surface area contributed by atoms with Gasteiger partial charge < -0.3 is 20.3 Å². The minimum Gasteiger partial charge on any atom is -0.366 e. The van der Waals surface area contributed by atoms with E-state index >= 15 is 0 Å². The number of alkyl halides is 3. The molecular formula is C30H25F4N3O5. The first kappa shape index (κ1) is 28.9. The molecule has 0 unspecified atom stereocenters. The minimum absolute atomic E-state index is 0.127. The number of Topliss-reactive ketones (excluding diaryl/α,β-unsaturated/α-hetero) is 1. The smallest absolute Gasteiger partial charge is 0.366 e. The van der Waals surface area contributed by atoms with E-state index in [1.54, 1.807) is 42.5 Å². The molecule has 8 nitrogen and oxygen atoms in total. The van der Waals surface area contributed by atoms with Crippen molar-refractivity contribution in [1.29, 1.82) is 0 Å². The van der Waals surface area contributed by atoms with Crippen molar-refractivity contribution in [3.63, 3.8) is 0 Å². The first-order chi connectivity index (χ1) is 19.8. The molecule has 1 heterocycles. The van der Waals surface area contributed by atoms with Gasteiger partial charge in [-0.1, -0.05) is 42.5 Å². The van der Waals surface area contributed by atoms with Crippen molar-refractivity contribution in [1.82, 2.24) is 9.80 Å². The van der Waals surface area contributed by atoms with Crippen LogP contribution in [0.4, 0.5) is 17.6 Å². The van der Waals surface area contributed by atoms with E-state index in [1.165, 1.54) is 12.1 Å². The molecule has 1 saturated heterocycles. The van der Waals surface area contributed by atoms with Gasteiger partial charge >= 0.3 is 6.18 Å². The van der Waals surface area contributed by atoms with Crippen LogP contribution in [0.15, 0.2) is 66.7 Å². The fraction of sp³-hybridized carbons (Fsp3) is 0.267. The van der Waals surface area contributed by atoms with Crippen molar-refractivity contribution in [2.45, 2.75) is 37.7 Å². The molecule has 0 saturated carbocycles. The number of carbonyl (C=O) groups is 4. The standard InChI is InChI=1S/C30H25F4N3O5/c1-17(30(32,33)34)37(14-18-2-9-23(31)10-3-18)26(39)15-36-16-42-29(28(36)41)24-11-8-21(12-22(24)13-25(29)38)19-4-6-20(7-5-19)27(35)40/h2-12,17H,13-16H2,1H3,(H2,35,40)/t17-,29+/m0/s1. The van der Waals surface area contributed by atoms with E-state index in [2.05, 4.69) is 0 Å². The zero-order chi connectivity index (χ0) is 30.4. The van der Waals surface area contributed by atoms with Crippen molar-refractivity contribution in [3.05, 3.63) is 94.8 Å². The van der Waals surface area contributed by atoms with Gasteiger partial charge in [0.05, 0.1) is 0 Å². The fourth-order valence-corrected chi connectivity index (χ4v) is 5.22. The minimum atomic E-state index is -4.76. The number of benzene rings is 3. The number of hydrogen-bond acceptors (Lipinski definition) is 5. The Hall–Kier alpha value is -4.58. The number of nitrogens with two attached hydrogens (primary N) is 1. The topological polar surface area (TPSA) is 110 Å². The van der Waals surface area contributed by atoms with Crippen LogP contribution >= 0.6 is 0 Å². The number of hydrogen-bond donors (Lipinski definition) is 1. The Morgan fingerprint density at radius 3 is 2.29 bits per heavy atom. The monoisotopic (exact) mass is 583 g/mol. The first-order valence-electron chi connectivity index (χ1n) is 12.9. The number of nitrogens with zero attached hydrogens (tertiary/aromatic N) is 2. The summed E-state index contributed by atoms with van der Waals surface area (Å²) >= 11 is 0. The van der Waals surface area contributed by atoms with Crippen LogP contribution in [0, 0.1) is 5.82 Å². The molecule has 3 aromatic carbocycles. The molecule has 1 aliphatic carbocycles. The molecular weight excluding hydrogens is 558 g/mol. The first-order valence-corrected chi connectivity index (χ1v) is 12.9. The predicted octanol–water partition coefficient (Wildman–Crippen LogP) is 3.71. The van der Waals surface area contributed by atoms with Crippen LogP contribution in [-0.4, -0.2) is 58.8 Å². The van der Waals surface area contributed by atoms with E-state index in [0.717, 1.165) is 29.5 Å². The summed E-state index contributed by atoms with van der Waals surface area (Å²) in [7, 11) is 0. The number of halogens is 4. The van der Waals surface area contributed by atoms with Crippen molar-refractivity contribution < 1.29 is 41.5 Å². The van der Waals surface area contributed by atoms with Crippen LogP contribution in [0.25, 0.3) is 11.1 Å². The lowest BCUT2D eigenvalue weighted by Crippen LogP contribution is -2.51. The summed E-state index contributed by atoms with van der Waals surface area (Å²) in [5.41, 5.74) is 6.17. The van der Waals surface area contributed by atoms with Gasteiger partial charge in [-0.3, -0.25) is 19.2 Å². The molecule has 2 atom stereocenters. The molecule has 12 heteroatoms. The Bertz CT molecular complexity index is 1570. The quantitative estimate of drug-likeness (QED) is 0.337. The van der Waals surface area contributed by atoms with Gasteiger partial charge in [0.25, 0.3) is 5.91 Å². The molecule has 3 amide bonds. The molecule has 0 radical (unpaired) electrons. The van der Waals surface area contributed by atoms with Gasteiger partial charge in [-0.2, -0.15) is 13.2 Å². The van der Waals surface area contributed by atoms with Gasteiger partial charge in [0.1, 0.15) is 25.1 Å². The molecule has 2 aliphatic rings. The second-order valence-electron chi connectivity index (χ2n) is 10.2. The molecule has 42 heavy (non-hydrogen) atoms. The molecule has 2 N–H and O–H groups in total. The highest BCUT2D eigenvalue weighted by atomic mass is 19.4. The largest absolute Gasteiger partial charge is 0.408 e. The second kappa shape index (κ2) is 10.7. The van der Waals surface area contributed by atoms with Crippen molar-refractivity contribution in [3.8, 4) is 11.1 Å². The highest BCUT2D eigenvalue weighted by Crippen LogP contribution is 2.43. The molecule has 5 rings (SSSR count). The summed E-state index contributed by atoms with van der Waals surface area (Å²) in [5, 5.41) is 0. The third kappa shape index (κ3) is 5.13. The van der Waals surface area contributed by atoms with E-state index < -0.39 is 67.0 Å². The number of primary amides is 1. The number of carbonyl (C=O) groups excluding carboxylic acids is 4. The summed E-state index contributed by atoms with van der Waals surface area (Å²) in [4.78, 5) is 52.8. The Morgan fingerprint density at radius 2 is 1.67 bits per heavy atom. The molecule has 0 bridgehead atoms. The average Bonchev–Trinajstić information content (AvgIpc) is 3.43. The Labute approximate surface area is 237 Å². The summed E-state index contributed by atoms with van der Waals surface area (Å²) < 4.78 is 60.0. The summed E-state index contributed by atoms with van der Waals surface area (Å²) in [6.45, 7) is -0.883. The van der Waals surface area contributed by atoms with Gasteiger partial charge in [-0.25, -0.2) is 4.39 Å². The van der Waals surface area contributed by atoms with Crippen LogP contribution in [0.2, 0.25) is 0 Å². The van der Waals surface area contributed by atoms with E-state index in [-0.39, 0.29) is 12.0 Å². The number of fused-ring (bicyclic) bond motifs is 2. The maximum atomic E-state index is 13.7. The van der Waals surface area contributed by atoms with Crippen molar-refractivity contribution in [2.75, 3.05) is 13.3 Å². The van der Waals surface area contributed by atoms with Crippen LogP contribution in [0.5, 0.6) is 0 Å². The van der Waals surface area contributed by atoms with Crippen LogP contribution < -0.4 is 5.73 Å². The van der Waals surface area contributed by atoms with E-state index in [9.17, 15) is 36.7 Å². The Kier molecular flexibility index (Phi) is 7.35. The highest BCUT2D eigenvalue weighted by molar-refractivity contribution is 6.15. The lowest BCUT2D eigenvalue weighted by Gasteiger charge is -2.32. The maximum absolute atomic E-state index is 13.7. The van der Waals surface area contributed by atoms with Crippen LogP contribution in [-0.2, 0) is 37.7 Å². The molecule has 1 spiro atoms. The van der Waals surface area contributed by atoms with E-state index in [4.69, 9.17) is 10.5 Å². The van der Waals surface area contributed by atoms with Crippen molar-refractivity contribution in [2.24, 2.45) is 5.73 Å². The van der Waals surface area contributed by atoms with Crippen LogP contribution in [0.3, 0.4) is 0 Å². The number of ketones is 1. The van der Waals surface area contributed by atoms with Gasteiger partial charge in [0.2, 0.25) is 17.4 Å². The normalized spacial score (nSPS) is 18.8. The predicted molar refractivity (Wildman–Crippen MR) is 141 cm³/mol. The fourth-order valence-electron chi connectivity index (χ4n) is 5.22. The molecule has 218 valence electrons. The van der Waals surface area contributed by atoms with Gasteiger partial charge in [0.15, 0.2) is 5.78 Å². The molecule has 1 fully saturated rings. The second-order valence-corrected chi connectivity index (χ2v) is 10.2. The zero-order valence-electron chi connectivity index (χ0n) is 22.3. The summed E-state index contributed by atoms with van der Waals surface area (Å²) in [6.07, 6.45) is -4.89. The van der Waals surface area contributed by atoms with Gasteiger partial charge in [-0.15, -0.1) is 0 Å². The molecule has 3 aromatic rings. The number of ether oxygens (including phenoxy) is 1. The number of amides is 3. The van der Waals surface area contributed by atoms with Crippen molar-refractivity contribution >= 4 is 23.5 Å². The number of rotatable bonds is 7. The van der Waals surface area contributed by atoms with Gasteiger partial charge in [-0.05, 0) is 53.4 Å². The van der Waals surface area contributed by atoms with Crippen LogP contribution in [0.1, 0.15) is 34.0 Å². The van der Waals surface area contributed by atoms with Gasteiger partial charge in [0, 0.05) is 24.1 Å². The SMILES string of the molecule is C[C@H](N(Cc1ccc(F)cc1)C(=O)CN1CO[C@]2(C(=O)Cc3cc(-c4ccc(C(N)=O)cc4)ccc32)C1=O)C(F)(F)F. The van der Waals surface area contributed by atoms with E-state index in [0.29, 0.717) is 27.2 Å². The zero-order valence-corrected chi connectivity index (χ0v) is 22.3.